The molecule has 0 radical (unpaired) electrons. The molecule has 1 N–H and O–H groups in total. The molecule has 1 aromatic heterocycles. The zero-order valence-corrected chi connectivity index (χ0v) is 12.8. The Morgan fingerprint density at radius 3 is 2.76 bits per heavy atom. The number of hydrogen-bond acceptors (Lipinski definition) is 5. The number of nitrogens with one attached hydrogen (secondary N) is 1. The predicted octanol–water partition coefficient (Wildman–Crippen LogP) is 3.11. The summed E-state index contributed by atoms with van der Waals surface area (Å²) < 4.78 is 11.1. The molecule has 0 saturated carbocycles. The number of aromatic nitrogens is 1. The van der Waals surface area contributed by atoms with Crippen LogP contribution in [0.4, 0.5) is 0 Å². The average molecular weight is 302 g/mol. The van der Waals surface area contributed by atoms with Crippen LogP contribution in [0.1, 0.15) is 12.5 Å². The van der Waals surface area contributed by atoms with E-state index in [-0.39, 0.29) is 0 Å². The van der Waals surface area contributed by atoms with Crippen molar-refractivity contribution in [2.45, 2.75) is 23.4 Å². The van der Waals surface area contributed by atoms with E-state index in [2.05, 4.69) is 23.3 Å². The first-order valence-electron chi connectivity index (χ1n) is 7.08. The van der Waals surface area contributed by atoms with Crippen LogP contribution in [0.15, 0.2) is 46.5 Å². The van der Waals surface area contributed by atoms with Crippen LogP contribution in [0, 0.1) is 0 Å². The fourth-order valence-electron chi connectivity index (χ4n) is 2.05. The second-order valence-electron chi connectivity index (χ2n) is 4.69. The summed E-state index contributed by atoms with van der Waals surface area (Å²) >= 11 is 1.63. The second kappa shape index (κ2) is 6.83. The summed E-state index contributed by atoms with van der Waals surface area (Å²) in [6, 6.07) is 10.2. The predicted molar refractivity (Wildman–Crippen MR) is 83.2 cm³/mol. The molecule has 1 aliphatic heterocycles. The van der Waals surface area contributed by atoms with E-state index in [4.69, 9.17) is 9.47 Å². The van der Waals surface area contributed by atoms with Gasteiger partial charge in [0, 0.05) is 17.6 Å². The highest BCUT2D eigenvalue weighted by Crippen LogP contribution is 2.36. The maximum Gasteiger partial charge on any atom is 0.162 e. The minimum atomic E-state index is 0.610. The molecule has 4 nitrogen and oxygen atoms in total. The van der Waals surface area contributed by atoms with Gasteiger partial charge in [0.25, 0.3) is 0 Å². The van der Waals surface area contributed by atoms with E-state index in [0.29, 0.717) is 13.2 Å². The molecule has 0 amide bonds. The highest BCUT2D eigenvalue weighted by molar-refractivity contribution is 7.99. The van der Waals surface area contributed by atoms with Crippen LogP contribution >= 0.6 is 11.8 Å². The third-order valence-corrected chi connectivity index (χ3v) is 4.05. The summed E-state index contributed by atoms with van der Waals surface area (Å²) in [4.78, 5) is 5.59. The molecular formula is C16H18N2O2S. The molecule has 5 heteroatoms. The normalized spacial score (nSPS) is 13.2. The summed E-state index contributed by atoms with van der Waals surface area (Å²) in [5, 5.41) is 4.27. The molecule has 0 fully saturated rings. The number of benzene rings is 1. The van der Waals surface area contributed by atoms with Gasteiger partial charge in [-0.1, -0.05) is 24.8 Å². The Labute approximate surface area is 128 Å². The van der Waals surface area contributed by atoms with Crippen molar-refractivity contribution < 1.29 is 9.47 Å². The van der Waals surface area contributed by atoms with Gasteiger partial charge in [0.15, 0.2) is 11.5 Å². The molecule has 1 aromatic carbocycles. The van der Waals surface area contributed by atoms with Crippen LogP contribution in [-0.4, -0.2) is 24.7 Å². The van der Waals surface area contributed by atoms with Crippen LogP contribution in [-0.2, 0) is 6.54 Å². The van der Waals surface area contributed by atoms with Crippen molar-refractivity contribution >= 4 is 11.8 Å². The standard InChI is InChI=1S/C16H18N2O2S/c1-2-17-10-12-3-6-16(18-11-12)21-13-4-5-14-15(9-13)20-8-7-19-14/h3-6,9,11,17H,2,7-8,10H2,1H3. The van der Waals surface area contributed by atoms with Gasteiger partial charge in [-0.3, -0.25) is 0 Å². The summed E-state index contributed by atoms with van der Waals surface area (Å²) in [5.41, 5.74) is 1.20. The van der Waals surface area contributed by atoms with Gasteiger partial charge >= 0.3 is 0 Å². The maximum atomic E-state index is 5.60. The first-order chi connectivity index (χ1) is 10.3. The third-order valence-electron chi connectivity index (χ3n) is 3.11. The highest BCUT2D eigenvalue weighted by atomic mass is 32.2. The number of rotatable bonds is 5. The Balaban J connectivity index is 1.68. The topological polar surface area (TPSA) is 43.4 Å². The SMILES string of the molecule is CCNCc1ccc(Sc2ccc3c(c2)OCCO3)nc1. The largest absolute Gasteiger partial charge is 0.486 e. The molecule has 1 aliphatic rings. The van der Waals surface area contributed by atoms with Crippen molar-refractivity contribution in [1.82, 2.24) is 10.3 Å². The lowest BCUT2D eigenvalue weighted by Gasteiger charge is -2.18. The number of ether oxygens (including phenoxy) is 2. The zero-order valence-electron chi connectivity index (χ0n) is 12.0. The Morgan fingerprint density at radius 2 is 2.00 bits per heavy atom. The number of fused-ring (bicyclic) bond motifs is 1. The van der Waals surface area contributed by atoms with Crippen LogP contribution in [0.3, 0.4) is 0 Å². The minimum absolute atomic E-state index is 0.610. The summed E-state index contributed by atoms with van der Waals surface area (Å²) in [6.07, 6.45) is 1.92. The quantitative estimate of drug-likeness (QED) is 0.919. The Bertz CT molecular complexity index is 602. The van der Waals surface area contributed by atoms with Crippen LogP contribution < -0.4 is 14.8 Å². The smallest absolute Gasteiger partial charge is 0.162 e. The van der Waals surface area contributed by atoms with Gasteiger partial charge in [0.2, 0.25) is 0 Å². The molecule has 0 atom stereocenters. The second-order valence-corrected chi connectivity index (χ2v) is 5.79. The van der Waals surface area contributed by atoms with Crippen LogP contribution in [0.25, 0.3) is 0 Å². The summed E-state index contributed by atoms with van der Waals surface area (Å²) in [5.74, 6) is 1.63. The molecule has 0 aliphatic carbocycles. The molecular weight excluding hydrogens is 284 g/mol. The van der Waals surface area contributed by atoms with Gasteiger partial charge in [-0.2, -0.15) is 0 Å². The molecule has 0 saturated heterocycles. The molecule has 0 bridgehead atoms. The van der Waals surface area contributed by atoms with Crippen LogP contribution in [0.2, 0.25) is 0 Å². The van der Waals surface area contributed by atoms with Crippen molar-refractivity contribution in [3.63, 3.8) is 0 Å². The van der Waals surface area contributed by atoms with E-state index >= 15 is 0 Å². The molecule has 0 unspecified atom stereocenters. The van der Waals surface area contributed by atoms with Gasteiger partial charge in [-0.05, 0) is 36.4 Å². The van der Waals surface area contributed by atoms with E-state index in [1.165, 1.54) is 5.56 Å². The number of hydrogen-bond donors (Lipinski definition) is 1. The molecule has 110 valence electrons. The molecule has 2 heterocycles. The van der Waals surface area contributed by atoms with E-state index in [1.807, 2.05) is 30.5 Å². The first kappa shape index (κ1) is 14.2. The Morgan fingerprint density at radius 1 is 1.14 bits per heavy atom. The number of pyridine rings is 1. The Hall–Kier alpha value is -1.72. The fourth-order valence-corrected chi connectivity index (χ4v) is 2.84. The fraction of sp³-hybridized carbons (Fsp3) is 0.312. The van der Waals surface area contributed by atoms with Gasteiger partial charge in [0.1, 0.15) is 18.2 Å². The van der Waals surface area contributed by atoms with E-state index in [1.54, 1.807) is 11.8 Å². The third kappa shape index (κ3) is 3.68. The molecule has 3 rings (SSSR count). The van der Waals surface area contributed by atoms with Gasteiger partial charge in [0.05, 0.1) is 0 Å². The Kier molecular flexibility index (Phi) is 4.62. The minimum Gasteiger partial charge on any atom is -0.486 e. The highest BCUT2D eigenvalue weighted by Gasteiger charge is 2.12. The maximum absolute atomic E-state index is 5.60. The van der Waals surface area contributed by atoms with Crippen molar-refractivity contribution in [2.75, 3.05) is 19.8 Å². The van der Waals surface area contributed by atoms with Crippen LogP contribution in [0.5, 0.6) is 11.5 Å². The van der Waals surface area contributed by atoms with E-state index < -0.39 is 0 Å². The van der Waals surface area contributed by atoms with E-state index in [0.717, 1.165) is 34.5 Å². The molecule has 2 aromatic rings. The van der Waals surface area contributed by atoms with E-state index in [9.17, 15) is 0 Å². The first-order valence-corrected chi connectivity index (χ1v) is 7.90. The lowest BCUT2D eigenvalue weighted by Crippen LogP contribution is -2.15. The number of nitrogens with zero attached hydrogens (tertiary/aromatic N) is 1. The monoisotopic (exact) mass is 302 g/mol. The van der Waals surface area contributed by atoms with Crippen molar-refractivity contribution in [3.05, 3.63) is 42.1 Å². The zero-order chi connectivity index (χ0) is 14.5. The molecule has 0 spiro atoms. The van der Waals surface area contributed by atoms with Crippen molar-refractivity contribution in [1.29, 1.82) is 0 Å². The average Bonchev–Trinajstić information content (AvgIpc) is 2.54. The lowest BCUT2D eigenvalue weighted by molar-refractivity contribution is 0.171. The summed E-state index contributed by atoms with van der Waals surface area (Å²) in [6.45, 7) is 5.15. The summed E-state index contributed by atoms with van der Waals surface area (Å²) in [7, 11) is 0. The molecule has 21 heavy (non-hydrogen) atoms. The van der Waals surface area contributed by atoms with Crippen molar-refractivity contribution in [2.24, 2.45) is 0 Å². The van der Waals surface area contributed by atoms with Gasteiger partial charge < -0.3 is 14.8 Å². The van der Waals surface area contributed by atoms with Gasteiger partial charge in [-0.15, -0.1) is 0 Å². The van der Waals surface area contributed by atoms with Crippen molar-refractivity contribution in [3.8, 4) is 11.5 Å². The van der Waals surface area contributed by atoms with Gasteiger partial charge in [-0.25, -0.2) is 4.98 Å². The lowest BCUT2D eigenvalue weighted by atomic mass is 10.3.